The van der Waals surface area contributed by atoms with Crippen molar-refractivity contribution in [1.82, 2.24) is 24.3 Å². The van der Waals surface area contributed by atoms with E-state index in [9.17, 15) is 0 Å². The van der Waals surface area contributed by atoms with Crippen molar-refractivity contribution in [2.75, 3.05) is 26.4 Å². The molecule has 0 radical (unpaired) electrons. The van der Waals surface area contributed by atoms with Gasteiger partial charge in [-0.1, -0.05) is 48.5 Å². The number of nitrogen functional groups attached to an aromatic ring is 1. The lowest BCUT2D eigenvalue weighted by molar-refractivity contribution is 0.246. The number of rotatable bonds is 5. The molecule has 5 aromatic rings. The minimum absolute atomic E-state index is 0.421. The molecule has 2 aromatic carbocycles. The lowest BCUT2D eigenvalue weighted by Crippen LogP contribution is -2.25. The number of aromatic nitrogens is 4. The van der Waals surface area contributed by atoms with E-state index in [2.05, 4.69) is 71.7 Å². The molecule has 0 spiro atoms. The first kappa shape index (κ1) is 23.6. The van der Waals surface area contributed by atoms with E-state index in [0.29, 0.717) is 11.7 Å². The van der Waals surface area contributed by atoms with Gasteiger partial charge in [-0.05, 0) is 64.3 Å². The van der Waals surface area contributed by atoms with E-state index in [4.69, 9.17) is 15.7 Å². The summed E-state index contributed by atoms with van der Waals surface area (Å²) in [5.74, 6) is 2.80. The largest absolute Gasteiger partial charge is 0.382 e. The number of nitrogens with zero attached hydrogens (tertiary/aromatic N) is 5. The molecule has 6 nitrogen and oxygen atoms in total. The van der Waals surface area contributed by atoms with Crippen molar-refractivity contribution in [3.05, 3.63) is 78.4 Å². The molecular weight excluding hydrogens is 456 g/mol. The van der Waals surface area contributed by atoms with E-state index >= 15 is 0 Å². The SMILES string of the molecule is Cc1c(-c2nc(C3CCC(CN(C)C)CC3)n3ccnc(N)c23)ccc2ccc(-c3ccccc3)nc12. The maximum atomic E-state index is 6.48. The van der Waals surface area contributed by atoms with Gasteiger partial charge in [0.05, 0.1) is 11.2 Å². The smallest absolute Gasteiger partial charge is 0.150 e. The highest BCUT2D eigenvalue weighted by Crippen LogP contribution is 2.40. The van der Waals surface area contributed by atoms with E-state index in [1.54, 1.807) is 6.20 Å². The molecule has 6 heteroatoms. The Labute approximate surface area is 218 Å². The van der Waals surface area contributed by atoms with Crippen LogP contribution in [0.5, 0.6) is 0 Å². The van der Waals surface area contributed by atoms with E-state index < -0.39 is 0 Å². The average molecular weight is 491 g/mol. The summed E-state index contributed by atoms with van der Waals surface area (Å²) >= 11 is 0. The average Bonchev–Trinajstić information content (AvgIpc) is 3.30. The Morgan fingerprint density at radius 1 is 0.946 bits per heavy atom. The molecule has 0 bridgehead atoms. The molecule has 0 atom stereocenters. The minimum Gasteiger partial charge on any atom is -0.382 e. The van der Waals surface area contributed by atoms with Gasteiger partial charge in [0.25, 0.3) is 0 Å². The molecule has 0 saturated heterocycles. The first-order valence-corrected chi connectivity index (χ1v) is 13.2. The quantitative estimate of drug-likeness (QED) is 0.311. The summed E-state index contributed by atoms with van der Waals surface area (Å²) in [7, 11) is 4.33. The second kappa shape index (κ2) is 9.60. The molecule has 1 saturated carbocycles. The van der Waals surface area contributed by atoms with Crippen LogP contribution in [0.3, 0.4) is 0 Å². The summed E-state index contributed by atoms with van der Waals surface area (Å²) in [6, 6.07) is 18.9. The van der Waals surface area contributed by atoms with Crippen LogP contribution in [0, 0.1) is 12.8 Å². The minimum atomic E-state index is 0.421. The molecule has 37 heavy (non-hydrogen) atoms. The van der Waals surface area contributed by atoms with E-state index in [1.165, 1.54) is 12.8 Å². The maximum absolute atomic E-state index is 6.48. The van der Waals surface area contributed by atoms with Gasteiger partial charge < -0.3 is 10.6 Å². The molecule has 1 aliphatic rings. The van der Waals surface area contributed by atoms with E-state index in [0.717, 1.165) is 75.6 Å². The number of pyridine rings is 1. The lowest BCUT2D eigenvalue weighted by Gasteiger charge is -2.29. The van der Waals surface area contributed by atoms with Gasteiger partial charge in [0, 0.05) is 41.4 Å². The Hall–Kier alpha value is -3.77. The number of imidazole rings is 1. The van der Waals surface area contributed by atoms with Crippen molar-refractivity contribution < 1.29 is 0 Å². The molecule has 3 heterocycles. The first-order chi connectivity index (χ1) is 18.0. The standard InChI is InChI=1S/C31H34N6/c1-20-25(15-13-23-14-16-26(34-27(20)23)22-7-5-4-6-8-22)28-29-30(32)33-17-18-37(29)31(35-28)24-11-9-21(10-12-24)19-36(2)3/h4-8,13-18,21,24H,9-12,19H2,1-3H3,(H2,32,33). The van der Waals surface area contributed by atoms with Gasteiger partial charge in [0.15, 0.2) is 0 Å². The van der Waals surface area contributed by atoms with Gasteiger partial charge in [-0.15, -0.1) is 0 Å². The van der Waals surface area contributed by atoms with Gasteiger partial charge in [-0.2, -0.15) is 0 Å². The molecule has 6 rings (SSSR count). The van der Waals surface area contributed by atoms with Crippen molar-refractivity contribution in [2.45, 2.75) is 38.5 Å². The van der Waals surface area contributed by atoms with Crippen molar-refractivity contribution in [1.29, 1.82) is 0 Å². The highest BCUT2D eigenvalue weighted by Gasteiger charge is 2.28. The van der Waals surface area contributed by atoms with E-state index in [-0.39, 0.29) is 0 Å². The van der Waals surface area contributed by atoms with Gasteiger partial charge in [0.2, 0.25) is 0 Å². The van der Waals surface area contributed by atoms with Crippen LogP contribution in [-0.4, -0.2) is 44.9 Å². The van der Waals surface area contributed by atoms with Crippen molar-refractivity contribution in [2.24, 2.45) is 5.92 Å². The summed E-state index contributed by atoms with van der Waals surface area (Å²) in [4.78, 5) is 17.1. The third-order valence-electron chi connectivity index (χ3n) is 7.89. The number of benzene rings is 2. The zero-order valence-electron chi connectivity index (χ0n) is 21.9. The number of nitrogens with two attached hydrogens (primary N) is 1. The Kier molecular flexibility index (Phi) is 6.13. The molecule has 0 amide bonds. The van der Waals surface area contributed by atoms with Gasteiger partial charge in [0.1, 0.15) is 22.9 Å². The number of hydrogen-bond acceptors (Lipinski definition) is 5. The summed E-state index contributed by atoms with van der Waals surface area (Å²) in [5, 5.41) is 1.12. The second-order valence-electron chi connectivity index (χ2n) is 10.7. The van der Waals surface area contributed by atoms with Crippen LogP contribution >= 0.6 is 0 Å². The van der Waals surface area contributed by atoms with Gasteiger partial charge in [-0.25, -0.2) is 15.0 Å². The monoisotopic (exact) mass is 490 g/mol. The highest BCUT2D eigenvalue weighted by molar-refractivity contribution is 5.94. The molecule has 1 aliphatic carbocycles. The molecule has 0 unspecified atom stereocenters. The molecule has 0 aliphatic heterocycles. The summed E-state index contributed by atoms with van der Waals surface area (Å²) in [6.45, 7) is 3.30. The van der Waals surface area contributed by atoms with Gasteiger partial charge in [-0.3, -0.25) is 4.40 Å². The van der Waals surface area contributed by atoms with Crippen LogP contribution in [0.25, 0.3) is 38.9 Å². The molecule has 3 aromatic heterocycles. The third-order valence-corrected chi connectivity index (χ3v) is 7.89. The van der Waals surface area contributed by atoms with Crippen molar-refractivity contribution >= 4 is 22.2 Å². The fourth-order valence-corrected chi connectivity index (χ4v) is 6.04. The van der Waals surface area contributed by atoms with Crippen LogP contribution in [-0.2, 0) is 0 Å². The van der Waals surface area contributed by atoms with Gasteiger partial charge >= 0.3 is 0 Å². The molecule has 1 fully saturated rings. The second-order valence-corrected chi connectivity index (χ2v) is 10.7. The van der Waals surface area contributed by atoms with Crippen LogP contribution < -0.4 is 5.73 Å². The van der Waals surface area contributed by atoms with Crippen molar-refractivity contribution in [3.63, 3.8) is 0 Å². The van der Waals surface area contributed by atoms with Crippen LogP contribution in [0.1, 0.15) is 43.0 Å². The summed E-state index contributed by atoms with van der Waals surface area (Å²) in [6.07, 6.45) is 8.57. The predicted octanol–water partition coefficient (Wildman–Crippen LogP) is 6.34. The molecule has 188 valence electrons. The van der Waals surface area contributed by atoms with Crippen LogP contribution in [0.15, 0.2) is 67.0 Å². The Morgan fingerprint density at radius 3 is 2.46 bits per heavy atom. The zero-order chi connectivity index (χ0) is 25.5. The van der Waals surface area contributed by atoms with E-state index in [1.807, 2.05) is 24.4 Å². The number of anilines is 1. The lowest BCUT2D eigenvalue weighted by atomic mass is 9.81. The predicted molar refractivity (Wildman–Crippen MR) is 152 cm³/mol. The number of aryl methyl sites for hydroxylation is 1. The maximum Gasteiger partial charge on any atom is 0.150 e. The Morgan fingerprint density at radius 2 is 1.70 bits per heavy atom. The fourth-order valence-electron chi connectivity index (χ4n) is 6.04. The Bertz CT molecular complexity index is 1560. The summed E-state index contributed by atoms with van der Waals surface area (Å²) in [5.41, 5.74) is 13.5. The number of fused-ring (bicyclic) bond motifs is 2. The fraction of sp³-hybridized carbons (Fsp3) is 0.323. The zero-order valence-corrected chi connectivity index (χ0v) is 21.9. The van der Waals surface area contributed by atoms with Crippen LogP contribution in [0.4, 0.5) is 5.82 Å². The Balaban J connectivity index is 1.44. The molecular formula is C31H34N6. The number of hydrogen-bond donors (Lipinski definition) is 1. The topological polar surface area (TPSA) is 72.3 Å². The third kappa shape index (κ3) is 4.36. The first-order valence-electron chi connectivity index (χ1n) is 13.2. The normalized spacial score (nSPS) is 18.2. The van der Waals surface area contributed by atoms with Crippen LogP contribution in [0.2, 0.25) is 0 Å². The molecule has 2 N–H and O–H groups in total. The van der Waals surface area contributed by atoms with Crippen molar-refractivity contribution in [3.8, 4) is 22.5 Å². The highest BCUT2D eigenvalue weighted by atomic mass is 15.1. The summed E-state index contributed by atoms with van der Waals surface area (Å²) < 4.78 is 2.19.